The van der Waals surface area contributed by atoms with Gasteiger partial charge >= 0.3 is 0 Å². The molecule has 2 aromatic carbocycles. The van der Waals surface area contributed by atoms with Crippen LogP contribution in [-0.4, -0.2) is 62.1 Å². The minimum absolute atomic E-state index is 0.277. The summed E-state index contributed by atoms with van der Waals surface area (Å²) in [6.07, 6.45) is 0.361. The summed E-state index contributed by atoms with van der Waals surface area (Å²) in [5, 5.41) is 10.3. The van der Waals surface area contributed by atoms with Crippen LogP contribution in [0.2, 0.25) is 0 Å². The van der Waals surface area contributed by atoms with E-state index in [0.29, 0.717) is 13.1 Å². The van der Waals surface area contributed by atoms with Crippen LogP contribution < -0.4 is 10.5 Å². The molecule has 140 valence electrons. The summed E-state index contributed by atoms with van der Waals surface area (Å²) < 4.78 is 11.3. The van der Waals surface area contributed by atoms with Crippen LogP contribution in [0.3, 0.4) is 0 Å². The molecule has 1 unspecified atom stereocenters. The number of nitrogens with zero attached hydrogens (tertiary/aromatic N) is 1. The molecule has 1 aliphatic rings. The molecule has 5 nitrogen and oxygen atoms in total. The summed E-state index contributed by atoms with van der Waals surface area (Å²) in [6.45, 7) is 4.73. The molecule has 5 heteroatoms. The van der Waals surface area contributed by atoms with Crippen molar-refractivity contribution in [2.24, 2.45) is 5.73 Å². The maximum atomic E-state index is 10.3. The Morgan fingerprint density at radius 2 is 1.81 bits per heavy atom. The summed E-state index contributed by atoms with van der Waals surface area (Å²) in [5.74, 6) is 0.792. The lowest BCUT2D eigenvalue weighted by atomic mass is 10.0. The topological polar surface area (TPSA) is 68.0 Å². The number of morpholine rings is 1. The van der Waals surface area contributed by atoms with E-state index in [1.54, 1.807) is 0 Å². The quantitative estimate of drug-likeness (QED) is 0.756. The Bertz CT molecular complexity index is 669. The molecule has 1 atom stereocenters. The van der Waals surface area contributed by atoms with Gasteiger partial charge in [-0.1, -0.05) is 42.5 Å². The maximum Gasteiger partial charge on any atom is 0.127 e. The van der Waals surface area contributed by atoms with Gasteiger partial charge in [0.2, 0.25) is 0 Å². The van der Waals surface area contributed by atoms with Crippen LogP contribution in [0.1, 0.15) is 5.56 Å². The molecule has 2 aromatic rings. The van der Waals surface area contributed by atoms with E-state index < -0.39 is 6.10 Å². The van der Waals surface area contributed by atoms with Gasteiger partial charge in [0.05, 0.1) is 13.2 Å². The number of aliphatic hydroxyl groups excluding tert-OH is 1. The number of rotatable bonds is 8. The Hall–Kier alpha value is -1.92. The van der Waals surface area contributed by atoms with Crippen molar-refractivity contribution in [3.63, 3.8) is 0 Å². The van der Waals surface area contributed by atoms with Gasteiger partial charge in [0.15, 0.2) is 0 Å². The number of ether oxygens (including phenoxy) is 2. The first-order valence-corrected chi connectivity index (χ1v) is 9.25. The fourth-order valence-corrected chi connectivity index (χ4v) is 3.17. The molecule has 0 radical (unpaired) electrons. The molecular weight excluding hydrogens is 328 g/mol. The van der Waals surface area contributed by atoms with Crippen molar-refractivity contribution in [2.75, 3.05) is 46.0 Å². The highest BCUT2D eigenvalue weighted by Crippen LogP contribution is 2.30. The second-order valence-corrected chi connectivity index (χ2v) is 6.61. The Morgan fingerprint density at radius 3 is 2.54 bits per heavy atom. The first kappa shape index (κ1) is 18.9. The zero-order chi connectivity index (χ0) is 18.2. The van der Waals surface area contributed by atoms with E-state index in [1.807, 2.05) is 24.3 Å². The van der Waals surface area contributed by atoms with Gasteiger partial charge in [0.1, 0.15) is 18.5 Å². The number of benzene rings is 2. The van der Waals surface area contributed by atoms with E-state index in [4.69, 9.17) is 15.2 Å². The molecule has 0 aromatic heterocycles. The average molecular weight is 356 g/mol. The average Bonchev–Trinajstić information content (AvgIpc) is 2.68. The SMILES string of the molecule is NCCc1ccc(-c2ccccc2OCC(O)CN2CCOCC2)cc1. The Labute approximate surface area is 155 Å². The molecule has 3 N–H and O–H groups in total. The molecule has 0 amide bonds. The summed E-state index contributed by atoms with van der Waals surface area (Å²) in [5.41, 5.74) is 8.98. The van der Waals surface area contributed by atoms with E-state index in [-0.39, 0.29) is 6.61 Å². The van der Waals surface area contributed by atoms with Gasteiger partial charge in [-0.25, -0.2) is 0 Å². The first-order valence-electron chi connectivity index (χ1n) is 9.25. The third-order valence-electron chi connectivity index (χ3n) is 4.59. The Kier molecular flexibility index (Phi) is 7.03. The Morgan fingerprint density at radius 1 is 1.08 bits per heavy atom. The van der Waals surface area contributed by atoms with Gasteiger partial charge in [-0.3, -0.25) is 4.90 Å². The van der Waals surface area contributed by atoms with Gasteiger partial charge in [0.25, 0.3) is 0 Å². The van der Waals surface area contributed by atoms with Gasteiger partial charge in [-0.15, -0.1) is 0 Å². The summed E-state index contributed by atoms with van der Waals surface area (Å²) in [7, 11) is 0. The van der Waals surface area contributed by atoms with Crippen LogP contribution in [-0.2, 0) is 11.2 Å². The van der Waals surface area contributed by atoms with E-state index in [2.05, 4.69) is 29.2 Å². The van der Waals surface area contributed by atoms with Crippen molar-refractivity contribution in [1.82, 2.24) is 4.90 Å². The molecule has 0 spiro atoms. The maximum absolute atomic E-state index is 10.3. The highest BCUT2D eigenvalue weighted by molar-refractivity contribution is 5.70. The van der Waals surface area contributed by atoms with Gasteiger partial charge in [-0.2, -0.15) is 0 Å². The largest absolute Gasteiger partial charge is 0.490 e. The number of para-hydroxylation sites is 1. The smallest absolute Gasteiger partial charge is 0.127 e. The number of nitrogens with two attached hydrogens (primary N) is 1. The lowest BCUT2D eigenvalue weighted by Gasteiger charge is -2.28. The van der Waals surface area contributed by atoms with Crippen LogP contribution in [0.15, 0.2) is 48.5 Å². The van der Waals surface area contributed by atoms with E-state index in [1.165, 1.54) is 5.56 Å². The monoisotopic (exact) mass is 356 g/mol. The van der Waals surface area contributed by atoms with Crippen molar-refractivity contribution < 1.29 is 14.6 Å². The van der Waals surface area contributed by atoms with Gasteiger partial charge in [-0.05, 0) is 30.2 Å². The molecule has 1 heterocycles. The summed E-state index contributed by atoms with van der Waals surface area (Å²) in [4.78, 5) is 2.21. The van der Waals surface area contributed by atoms with E-state index >= 15 is 0 Å². The molecule has 0 bridgehead atoms. The zero-order valence-electron chi connectivity index (χ0n) is 15.1. The molecule has 1 aliphatic heterocycles. The minimum atomic E-state index is -0.520. The predicted octanol–water partition coefficient (Wildman–Crippen LogP) is 1.93. The van der Waals surface area contributed by atoms with E-state index in [9.17, 15) is 5.11 Å². The fraction of sp³-hybridized carbons (Fsp3) is 0.429. The first-order chi connectivity index (χ1) is 12.8. The summed E-state index contributed by atoms with van der Waals surface area (Å²) >= 11 is 0. The van der Waals surface area contributed by atoms with Crippen molar-refractivity contribution in [2.45, 2.75) is 12.5 Å². The molecule has 1 saturated heterocycles. The third-order valence-corrected chi connectivity index (χ3v) is 4.59. The van der Waals surface area contributed by atoms with Crippen LogP contribution in [0.5, 0.6) is 5.75 Å². The van der Waals surface area contributed by atoms with Crippen LogP contribution in [0.4, 0.5) is 0 Å². The van der Waals surface area contributed by atoms with Crippen molar-refractivity contribution in [3.05, 3.63) is 54.1 Å². The standard InChI is InChI=1S/C21H28N2O3/c22-10-9-17-5-7-18(8-6-17)20-3-1-2-4-21(20)26-16-19(24)15-23-11-13-25-14-12-23/h1-8,19,24H,9-16,22H2. The zero-order valence-corrected chi connectivity index (χ0v) is 15.1. The minimum Gasteiger partial charge on any atom is -0.490 e. The van der Waals surface area contributed by atoms with Gasteiger partial charge in [0, 0.05) is 25.2 Å². The van der Waals surface area contributed by atoms with Gasteiger partial charge < -0.3 is 20.3 Å². The molecule has 3 rings (SSSR count). The molecule has 0 aliphatic carbocycles. The molecule has 0 saturated carbocycles. The van der Waals surface area contributed by atoms with Crippen molar-refractivity contribution >= 4 is 0 Å². The van der Waals surface area contributed by atoms with Crippen LogP contribution in [0.25, 0.3) is 11.1 Å². The van der Waals surface area contributed by atoms with E-state index in [0.717, 1.165) is 49.6 Å². The van der Waals surface area contributed by atoms with Crippen molar-refractivity contribution in [3.8, 4) is 16.9 Å². The Balaban J connectivity index is 1.61. The molecule has 1 fully saturated rings. The number of hydrogen-bond donors (Lipinski definition) is 2. The summed E-state index contributed by atoms with van der Waals surface area (Å²) in [6, 6.07) is 16.3. The third kappa shape index (κ3) is 5.29. The molecule has 26 heavy (non-hydrogen) atoms. The normalized spacial score (nSPS) is 16.4. The second kappa shape index (κ2) is 9.69. The highest BCUT2D eigenvalue weighted by Gasteiger charge is 2.16. The lowest BCUT2D eigenvalue weighted by Crippen LogP contribution is -2.42. The van der Waals surface area contributed by atoms with Crippen LogP contribution >= 0.6 is 0 Å². The van der Waals surface area contributed by atoms with Crippen molar-refractivity contribution in [1.29, 1.82) is 0 Å². The highest BCUT2D eigenvalue weighted by atomic mass is 16.5. The lowest BCUT2D eigenvalue weighted by molar-refractivity contribution is 0.00471. The number of β-amino-alcohol motifs (C(OH)–C–C–N with tert-alkyl or cyclic N) is 1. The predicted molar refractivity (Wildman–Crippen MR) is 103 cm³/mol. The van der Waals surface area contributed by atoms with Crippen LogP contribution in [0, 0.1) is 0 Å². The second-order valence-electron chi connectivity index (χ2n) is 6.61. The number of aliphatic hydroxyl groups is 1. The number of hydrogen-bond acceptors (Lipinski definition) is 5. The fourth-order valence-electron chi connectivity index (χ4n) is 3.17. The molecular formula is C21H28N2O3.